The largest absolute Gasteiger partial charge is 0.482 e. The van der Waals surface area contributed by atoms with Crippen molar-refractivity contribution >= 4 is 40.8 Å². The van der Waals surface area contributed by atoms with Crippen LogP contribution in [0.5, 0.6) is 5.75 Å². The molecule has 0 aliphatic carbocycles. The summed E-state index contributed by atoms with van der Waals surface area (Å²) in [5, 5.41) is 21.5. The molecular formula is C25H19ClN2O4. The summed E-state index contributed by atoms with van der Waals surface area (Å²) in [5.41, 5.74) is 3.51. The summed E-state index contributed by atoms with van der Waals surface area (Å²) < 4.78 is 5.52. The van der Waals surface area contributed by atoms with Gasteiger partial charge in [-0.2, -0.15) is 5.26 Å². The van der Waals surface area contributed by atoms with E-state index in [1.807, 2.05) is 31.2 Å². The average Bonchev–Trinajstić information content (AvgIpc) is 2.78. The van der Waals surface area contributed by atoms with Crippen LogP contribution in [0, 0.1) is 18.3 Å². The van der Waals surface area contributed by atoms with Gasteiger partial charge in [0.2, 0.25) is 0 Å². The average molecular weight is 447 g/mol. The molecule has 3 rings (SSSR count). The molecule has 160 valence electrons. The third kappa shape index (κ3) is 5.97. The number of amides is 1. The highest BCUT2D eigenvalue weighted by Gasteiger charge is 2.09. The molecule has 0 atom stereocenters. The lowest BCUT2D eigenvalue weighted by Crippen LogP contribution is -2.20. The van der Waals surface area contributed by atoms with Gasteiger partial charge in [0.15, 0.2) is 6.61 Å². The minimum atomic E-state index is -1.03. The fourth-order valence-electron chi connectivity index (χ4n) is 2.84. The predicted molar refractivity (Wildman–Crippen MR) is 124 cm³/mol. The number of carboxylic acids is 1. The molecule has 32 heavy (non-hydrogen) atoms. The number of benzene rings is 3. The van der Waals surface area contributed by atoms with E-state index < -0.39 is 5.97 Å². The number of aryl methyl sites for hydroxylation is 1. The van der Waals surface area contributed by atoms with Gasteiger partial charge in [-0.1, -0.05) is 47.5 Å². The number of nitriles is 1. The first-order valence-corrected chi connectivity index (χ1v) is 9.98. The zero-order valence-corrected chi connectivity index (χ0v) is 17.9. The number of aromatic carboxylic acids is 1. The molecule has 0 bridgehead atoms. The Hall–Kier alpha value is -4.08. The second-order valence-electron chi connectivity index (χ2n) is 6.95. The molecule has 0 fully saturated rings. The van der Waals surface area contributed by atoms with Crippen LogP contribution in [0.3, 0.4) is 0 Å². The van der Waals surface area contributed by atoms with Gasteiger partial charge >= 0.3 is 5.97 Å². The van der Waals surface area contributed by atoms with Crippen molar-refractivity contribution in [1.29, 1.82) is 5.26 Å². The molecule has 0 saturated carbocycles. The highest BCUT2D eigenvalue weighted by Crippen LogP contribution is 2.28. The molecule has 0 unspecified atom stereocenters. The lowest BCUT2D eigenvalue weighted by Gasteiger charge is -2.10. The van der Waals surface area contributed by atoms with E-state index in [0.29, 0.717) is 33.2 Å². The minimum Gasteiger partial charge on any atom is -0.482 e. The molecule has 0 saturated heterocycles. The number of hydrogen-bond donors (Lipinski definition) is 2. The van der Waals surface area contributed by atoms with Gasteiger partial charge in [-0.3, -0.25) is 4.79 Å². The standard InChI is InChI=1S/C25H19ClN2O4/c1-16-2-9-21(10-3-16)28-24(29)15-32-23-11-4-17(13-22(23)26)12-20(14-27)18-5-7-19(8-6-18)25(30)31/h2-13H,15H2,1H3,(H,28,29)(H,30,31)/b20-12-. The fourth-order valence-corrected chi connectivity index (χ4v) is 3.08. The first-order chi connectivity index (χ1) is 15.4. The molecule has 1 amide bonds. The lowest BCUT2D eigenvalue weighted by atomic mass is 10.0. The molecule has 3 aromatic carbocycles. The maximum Gasteiger partial charge on any atom is 0.335 e. The van der Waals surface area contributed by atoms with E-state index in [0.717, 1.165) is 5.56 Å². The van der Waals surface area contributed by atoms with Gasteiger partial charge in [-0.15, -0.1) is 0 Å². The number of carbonyl (C=O) groups is 2. The third-order valence-electron chi connectivity index (χ3n) is 4.52. The van der Waals surface area contributed by atoms with Crippen LogP contribution in [0.2, 0.25) is 5.02 Å². The molecule has 2 N–H and O–H groups in total. The van der Waals surface area contributed by atoms with E-state index in [-0.39, 0.29) is 18.1 Å². The Morgan fingerprint density at radius 2 is 1.72 bits per heavy atom. The van der Waals surface area contributed by atoms with Crippen molar-refractivity contribution in [3.8, 4) is 11.8 Å². The zero-order chi connectivity index (χ0) is 23.1. The smallest absolute Gasteiger partial charge is 0.335 e. The molecule has 0 radical (unpaired) electrons. The molecule has 0 spiro atoms. The van der Waals surface area contributed by atoms with Crippen LogP contribution in [0.4, 0.5) is 5.69 Å². The van der Waals surface area contributed by atoms with Gasteiger partial charge in [0, 0.05) is 5.69 Å². The van der Waals surface area contributed by atoms with Crippen LogP contribution in [0.1, 0.15) is 27.0 Å². The Labute approximate surface area is 190 Å². The quantitative estimate of drug-likeness (QED) is 0.372. The fraction of sp³-hybridized carbons (Fsp3) is 0.0800. The Morgan fingerprint density at radius 3 is 2.31 bits per heavy atom. The van der Waals surface area contributed by atoms with Gasteiger partial charge in [0.05, 0.1) is 22.2 Å². The van der Waals surface area contributed by atoms with Crippen molar-refractivity contribution in [3.63, 3.8) is 0 Å². The van der Waals surface area contributed by atoms with E-state index >= 15 is 0 Å². The Balaban J connectivity index is 1.67. The molecule has 0 heterocycles. The maximum absolute atomic E-state index is 12.1. The normalized spacial score (nSPS) is 10.8. The second kappa shape index (κ2) is 10.3. The summed E-state index contributed by atoms with van der Waals surface area (Å²) >= 11 is 6.28. The van der Waals surface area contributed by atoms with Crippen molar-refractivity contribution < 1.29 is 19.4 Å². The van der Waals surface area contributed by atoms with Gasteiger partial charge in [-0.25, -0.2) is 4.79 Å². The summed E-state index contributed by atoms with van der Waals surface area (Å²) in [4.78, 5) is 23.1. The van der Waals surface area contributed by atoms with Crippen LogP contribution < -0.4 is 10.1 Å². The van der Waals surface area contributed by atoms with Crippen molar-refractivity contribution in [3.05, 3.63) is 94.0 Å². The SMILES string of the molecule is Cc1ccc(NC(=O)COc2ccc(/C=C(/C#N)c3ccc(C(=O)O)cc3)cc2Cl)cc1. The number of anilines is 1. The predicted octanol–water partition coefficient (Wildman–Crippen LogP) is 5.43. The number of halogens is 1. The van der Waals surface area contributed by atoms with Crippen LogP contribution in [0.25, 0.3) is 11.6 Å². The summed E-state index contributed by atoms with van der Waals surface area (Å²) in [6.07, 6.45) is 1.63. The van der Waals surface area contributed by atoms with Gasteiger partial charge in [0.1, 0.15) is 5.75 Å². The molecule has 6 nitrogen and oxygen atoms in total. The Kier molecular flexibility index (Phi) is 7.27. The lowest BCUT2D eigenvalue weighted by molar-refractivity contribution is -0.118. The summed E-state index contributed by atoms with van der Waals surface area (Å²) in [6.45, 7) is 1.76. The van der Waals surface area contributed by atoms with Gasteiger partial charge < -0.3 is 15.2 Å². The minimum absolute atomic E-state index is 0.141. The third-order valence-corrected chi connectivity index (χ3v) is 4.82. The Morgan fingerprint density at radius 1 is 1.06 bits per heavy atom. The number of nitrogens with zero attached hydrogens (tertiary/aromatic N) is 1. The van der Waals surface area contributed by atoms with Crippen molar-refractivity contribution in [2.75, 3.05) is 11.9 Å². The monoisotopic (exact) mass is 446 g/mol. The molecule has 0 aliphatic heterocycles. The van der Waals surface area contributed by atoms with Crippen LogP contribution >= 0.6 is 11.6 Å². The van der Waals surface area contributed by atoms with E-state index in [1.54, 1.807) is 36.4 Å². The van der Waals surface area contributed by atoms with Gasteiger partial charge in [0.25, 0.3) is 5.91 Å². The molecule has 0 aliphatic rings. The number of allylic oxidation sites excluding steroid dienone is 1. The topological polar surface area (TPSA) is 99.4 Å². The summed E-state index contributed by atoms with van der Waals surface area (Å²) in [5.74, 6) is -1.01. The first kappa shape index (κ1) is 22.6. The number of nitrogens with one attached hydrogen (secondary N) is 1. The zero-order valence-electron chi connectivity index (χ0n) is 17.1. The second-order valence-corrected chi connectivity index (χ2v) is 7.35. The summed E-state index contributed by atoms with van der Waals surface area (Å²) in [7, 11) is 0. The highest BCUT2D eigenvalue weighted by atomic mass is 35.5. The van der Waals surface area contributed by atoms with E-state index in [9.17, 15) is 14.9 Å². The number of carboxylic acid groups (broad SMARTS) is 1. The number of ether oxygens (including phenoxy) is 1. The number of hydrogen-bond acceptors (Lipinski definition) is 4. The summed E-state index contributed by atoms with van der Waals surface area (Å²) in [6, 6.07) is 20.5. The molecule has 7 heteroatoms. The van der Waals surface area contributed by atoms with Crippen LogP contribution in [-0.2, 0) is 4.79 Å². The van der Waals surface area contributed by atoms with Crippen LogP contribution in [-0.4, -0.2) is 23.6 Å². The van der Waals surface area contributed by atoms with Gasteiger partial charge in [-0.05, 0) is 60.5 Å². The first-order valence-electron chi connectivity index (χ1n) is 9.60. The molecule has 3 aromatic rings. The maximum atomic E-state index is 12.1. The van der Waals surface area contributed by atoms with E-state index in [1.165, 1.54) is 12.1 Å². The van der Waals surface area contributed by atoms with Crippen molar-refractivity contribution in [2.24, 2.45) is 0 Å². The Bertz CT molecular complexity index is 1210. The van der Waals surface area contributed by atoms with E-state index in [2.05, 4.69) is 11.4 Å². The number of rotatable bonds is 7. The number of carbonyl (C=O) groups excluding carboxylic acids is 1. The van der Waals surface area contributed by atoms with E-state index in [4.69, 9.17) is 21.4 Å². The molecular weight excluding hydrogens is 428 g/mol. The highest BCUT2D eigenvalue weighted by molar-refractivity contribution is 6.32. The van der Waals surface area contributed by atoms with Crippen LogP contribution in [0.15, 0.2) is 66.7 Å². The van der Waals surface area contributed by atoms with Crippen molar-refractivity contribution in [1.82, 2.24) is 0 Å². The molecule has 0 aromatic heterocycles. The van der Waals surface area contributed by atoms with Crippen molar-refractivity contribution in [2.45, 2.75) is 6.92 Å².